The normalized spacial score (nSPS) is 21.9. The van der Waals surface area contributed by atoms with E-state index in [4.69, 9.17) is 9.47 Å². The fraction of sp³-hybridized carbons (Fsp3) is 0.588. The number of nitrogens with zero attached hydrogens (tertiary/aromatic N) is 1. The van der Waals surface area contributed by atoms with Gasteiger partial charge in [0.2, 0.25) is 0 Å². The molecule has 1 aliphatic rings. The molecule has 5 nitrogen and oxygen atoms in total. The molecule has 0 spiro atoms. The highest BCUT2D eigenvalue weighted by Crippen LogP contribution is 2.23. The summed E-state index contributed by atoms with van der Waals surface area (Å²) in [6.45, 7) is 6.37. The van der Waals surface area contributed by atoms with Gasteiger partial charge in [0, 0.05) is 0 Å². The third-order valence-electron chi connectivity index (χ3n) is 3.54. The molecule has 0 saturated carbocycles. The van der Waals surface area contributed by atoms with Crippen LogP contribution in [0.2, 0.25) is 0 Å². The molecule has 2 atom stereocenters. The van der Waals surface area contributed by atoms with Gasteiger partial charge in [0.15, 0.2) is 0 Å². The van der Waals surface area contributed by atoms with Crippen molar-refractivity contribution >= 4 is 6.09 Å². The summed E-state index contributed by atoms with van der Waals surface area (Å²) in [5.41, 5.74) is 0.554. The molecule has 1 aliphatic heterocycles. The molecule has 1 heterocycles. The van der Waals surface area contributed by atoms with Gasteiger partial charge >= 0.3 is 6.09 Å². The first-order valence-electron chi connectivity index (χ1n) is 7.65. The lowest BCUT2D eigenvalue weighted by Gasteiger charge is -2.27. The zero-order valence-electron chi connectivity index (χ0n) is 13.5. The van der Waals surface area contributed by atoms with Crippen molar-refractivity contribution in [3.63, 3.8) is 0 Å². The lowest BCUT2D eigenvalue weighted by Crippen LogP contribution is -2.41. The molecule has 1 aromatic carbocycles. The number of likely N-dealkylation sites (tertiary alicyclic amines) is 1. The van der Waals surface area contributed by atoms with Crippen LogP contribution >= 0.6 is 0 Å². The maximum Gasteiger partial charge on any atom is 0.410 e. The molecule has 1 aromatic rings. The molecule has 5 heteroatoms. The largest absolute Gasteiger partial charge is 0.444 e. The zero-order valence-corrected chi connectivity index (χ0v) is 13.5. The average molecular weight is 307 g/mol. The lowest BCUT2D eigenvalue weighted by molar-refractivity contribution is 0.0121. The molecule has 1 fully saturated rings. The third-order valence-corrected chi connectivity index (χ3v) is 3.54. The fourth-order valence-electron chi connectivity index (χ4n) is 2.50. The number of rotatable bonds is 4. The Morgan fingerprint density at radius 1 is 1.32 bits per heavy atom. The summed E-state index contributed by atoms with van der Waals surface area (Å²) < 4.78 is 11.3. The van der Waals surface area contributed by atoms with E-state index < -0.39 is 11.7 Å². The van der Waals surface area contributed by atoms with Crippen molar-refractivity contribution in [3.05, 3.63) is 35.9 Å². The fourth-order valence-corrected chi connectivity index (χ4v) is 2.50. The predicted molar refractivity (Wildman–Crippen MR) is 83.4 cm³/mol. The molecule has 0 aliphatic carbocycles. The van der Waals surface area contributed by atoms with E-state index in [1.807, 2.05) is 51.1 Å². The van der Waals surface area contributed by atoms with Crippen molar-refractivity contribution in [2.75, 3.05) is 13.2 Å². The van der Waals surface area contributed by atoms with Crippen LogP contribution in [0.1, 0.15) is 32.8 Å². The molecule has 0 radical (unpaired) electrons. The third kappa shape index (κ3) is 4.71. The van der Waals surface area contributed by atoms with E-state index >= 15 is 0 Å². The molecular formula is C17H25NO4. The van der Waals surface area contributed by atoms with Crippen LogP contribution in [0.15, 0.2) is 30.3 Å². The smallest absolute Gasteiger partial charge is 0.410 e. The van der Waals surface area contributed by atoms with E-state index in [1.54, 1.807) is 4.90 Å². The number of aliphatic hydroxyl groups is 1. The molecule has 0 aromatic heterocycles. The summed E-state index contributed by atoms with van der Waals surface area (Å²) in [4.78, 5) is 13.8. The molecular weight excluding hydrogens is 282 g/mol. The van der Waals surface area contributed by atoms with E-state index in [9.17, 15) is 9.90 Å². The first kappa shape index (κ1) is 16.8. The summed E-state index contributed by atoms with van der Waals surface area (Å²) >= 11 is 0. The Bertz CT molecular complexity index is 483. The van der Waals surface area contributed by atoms with Crippen molar-refractivity contribution in [2.45, 2.75) is 51.5 Å². The molecule has 1 saturated heterocycles. The lowest BCUT2D eigenvalue weighted by atomic mass is 10.2. The van der Waals surface area contributed by atoms with Gasteiger partial charge in [-0.3, -0.25) is 0 Å². The number of benzene rings is 1. The van der Waals surface area contributed by atoms with Gasteiger partial charge in [-0.25, -0.2) is 4.79 Å². The maximum absolute atomic E-state index is 12.2. The van der Waals surface area contributed by atoms with Crippen molar-refractivity contribution < 1.29 is 19.4 Å². The van der Waals surface area contributed by atoms with Gasteiger partial charge in [-0.2, -0.15) is 0 Å². The first-order valence-corrected chi connectivity index (χ1v) is 7.65. The number of hydrogen-bond acceptors (Lipinski definition) is 4. The van der Waals surface area contributed by atoms with Crippen LogP contribution in [0, 0.1) is 0 Å². The Labute approximate surface area is 131 Å². The molecule has 0 bridgehead atoms. The Morgan fingerprint density at radius 3 is 2.59 bits per heavy atom. The highest BCUT2D eigenvalue weighted by atomic mass is 16.6. The van der Waals surface area contributed by atoms with Gasteiger partial charge in [0.1, 0.15) is 5.60 Å². The SMILES string of the molecule is CC(C)(C)OC(=O)N1CC(OCc2ccccc2)C[C@H]1CO. The van der Waals surface area contributed by atoms with Crippen molar-refractivity contribution in [1.82, 2.24) is 4.90 Å². The second-order valence-electron chi connectivity index (χ2n) is 6.62. The highest BCUT2D eigenvalue weighted by Gasteiger charge is 2.37. The maximum atomic E-state index is 12.2. The average Bonchev–Trinajstić information content (AvgIpc) is 2.88. The van der Waals surface area contributed by atoms with E-state index in [1.165, 1.54) is 0 Å². The second-order valence-corrected chi connectivity index (χ2v) is 6.62. The van der Waals surface area contributed by atoms with Crippen molar-refractivity contribution in [3.8, 4) is 0 Å². The van der Waals surface area contributed by atoms with Crippen LogP contribution in [-0.2, 0) is 16.1 Å². The number of hydrogen-bond donors (Lipinski definition) is 1. The minimum Gasteiger partial charge on any atom is -0.444 e. The van der Waals surface area contributed by atoms with Gasteiger partial charge in [-0.1, -0.05) is 30.3 Å². The Morgan fingerprint density at radius 2 is 2.00 bits per heavy atom. The molecule has 22 heavy (non-hydrogen) atoms. The Balaban J connectivity index is 1.90. The monoisotopic (exact) mass is 307 g/mol. The molecule has 1 unspecified atom stereocenters. The number of amides is 1. The van der Waals surface area contributed by atoms with E-state index in [-0.39, 0.29) is 18.8 Å². The van der Waals surface area contributed by atoms with E-state index in [0.29, 0.717) is 19.6 Å². The summed E-state index contributed by atoms with van der Waals surface area (Å²) in [7, 11) is 0. The van der Waals surface area contributed by atoms with Crippen molar-refractivity contribution in [2.24, 2.45) is 0 Å². The summed E-state index contributed by atoms with van der Waals surface area (Å²) in [6.07, 6.45) is 0.157. The van der Waals surface area contributed by atoms with Crippen LogP contribution in [0.4, 0.5) is 4.79 Å². The number of ether oxygens (including phenoxy) is 2. The molecule has 2 rings (SSSR count). The molecule has 1 amide bonds. The topological polar surface area (TPSA) is 59.0 Å². The van der Waals surface area contributed by atoms with Gasteiger partial charge in [0.05, 0.1) is 31.9 Å². The molecule has 1 N–H and O–H groups in total. The minimum atomic E-state index is -0.542. The van der Waals surface area contributed by atoms with Crippen LogP contribution in [-0.4, -0.2) is 47.0 Å². The standard InChI is InChI=1S/C17H25NO4/c1-17(2,3)22-16(20)18-10-15(9-14(18)11-19)21-12-13-7-5-4-6-8-13/h4-8,14-15,19H,9-12H2,1-3H3/t14-,15?/m0/s1. The quantitative estimate of drug-likeness (QED) is 0.929. The Hall–Kier alpha value is -1.59. The minimum absolute atomic E-state index is 0.0788. The van der Waals surface area contributed by atoms with E-state index in [2.05, 4.69) is 0 Å². The second kappa shape index (κ2) is 7.11. The summed E-state index contributed by atoms with van der Waals surface area (Å²) in [5.74, 6) is 0. The van der Waals surface area contributed by atoms with Crippen LogP contribution in [0.25, 0.3) is 0 Å². The van der Waals surface area contributed by atoms with Crippen LogP contribution in [0.3, 0.4) is 0 Å². The zero-order chi connectivity index (χ0) is 16.2. The summed E-state index contributed by atoms with van der Waals surface area (Å²) in [5, 5.41) is 9.48. The first-order chi connectivity index (χ1) is 10.4. The molecule has 122 valence electrons. The van der Waals surface area contributed by atoms with Gasteiger partial charge in [-0.05, 0) is 32.8 Å². The summed E-state index contributed by atoms with van der Waals surface area (Å²) in [6, 6.07) is 9.67. The van der Waals surface area contributed by atoms with Gasteiger partial charge in [0.25, 0.3) is 0 Å². The van der Waals surface area contributed by atoms with Crippen molar-refractivity contribution in [1.29, 1.82) is 0 Å². The predicted octanol–water partition coefficient (Wildman–Crippen LogP) is 2.57. The highest BCUT2D eigenvalue weighted by molar-refractivity contribution is 5.69. The number of aliphatic hydroxyl groups excluding tert-OH is 1. The number of carbonyl (C=O) groups excluding carboxylic acids is 1. The number of carbonyl (C=O) groups is 1. The van der Waals surface area contributed by atoms with Crippen LogP contribution < -0.4 is 0 Å². The van der Waals surface area contributed by atoms with E-state index in [0.717, 1.165) is 5.56 Å². The van der Waals surface area contributed by atoms with Gasteiger partial charge in [-0.15, -0.1) is 0 Å². The van der Waals surface area contributed by atoms with Crippen LogP contribution in [0.5, 0.6) is 0 Å². The Kier molecular flexibility index (Phi) is 5.42. The van der Waals surface area contributed by atoms with Gasteiger partial charge < -0.3 is 19.5 Å².